The van der Waals surface area contributed by atoms with Crippen LogP contribution in [0.3, 0.4) is 0 Å². The summed E-state index contributed by atoms with van der Waals surface area (Å²) in [5.41, 5.74) is 3.83. The fourth-order valence-electron chi connectivity index (χ4n) is 1.97. The molecule has 2 aromatic carbocycles. The lowest BCUT2D eigenvalue weighted by Crippen LogP contribution is -2.22. The normalized spacial score (nSPS) is 10.3. The lowest BCUT2D eigenvalue weighted by molar-refractivity contribution is 0.0951. The minimum absolute atomic E-state index is 0.111. The average Bonchev–Trinajstić information content (AvgIpc) is 2.44. The van der Waals surface area contributed by atoms with Crippen LogP contribution in [0.5, 0.6) is 0 Å². The predicted molar refractivity (Wildman–Crippen MR) is 86.4 cm³/mol. The molecule has 0 unspecified atom stereocenters. The highest BCUT2D eigenvalue weighted by Gasteiger charge is 2.07. The van der Waals surface area contributed by atoms with Crippen molar-refractivity contribution < 1.29 is 4.79 Å². The second-order valence-electron chi connectivity index (χ2n) is 4.65. The van der Waals surface area contributed by atoms with Gasteiger partial charge in [0.15, 0.2) is 0 Å². The topological polar surface area (TPSA) is 29.1 Å². The Labute approximate surface area is 132 Å². The maximum atomic E-state index is 12.1. The fraction of sp³-hybridized carbons (Fsp3) is 0.188. The molecule has 2 rings (SSSR count). The summed E-state index contributed by atoms with van der Waals surface area (Å²) in [5.74, 6) is -0.111. The summed E-state index contributed by atoms with van der Waals surface area (Å²) in [4.78, 5) is 12.1. The maximum absolute atomic E-state index is 12.1. The highest BCUT2D eigenvalue weighted by atomic mass is 79.9. The van der Waals surface area contributed by atoms with Gasteiger partial charge in [-0.25, -0.2) is 0 Å². The van der Waals surface area contributed by atoms with Crippen LogP contribution in [0.25, 0.3) is 0 Å². The molecule has 0 heterocycles. The van der Waals surface area contributed by atoms with E-state index in [1.54, 1.807) is 6.07 Å². The van der Waals surface area contributed by atoms with Gasteiger partial charge in [-0.15, -0.1) is 0 Å². The van der Waals surface area contributed by atoms with Crippen molar-refractivity contribution in [3.05, 3.63) is 69.7 Å². The van der Waals surface area contributed by atoms with E-state index < -0.39 is 0 Å². The molecule has 0 aliphatic carbocycles. The van der Waals surface area contributed by atoms with Crippen LogP contribution in [0.15, 0.2) is 42.5 Å². The Morgan fingerprint density at radius 2 is 1.95 bits per heavy atom. The van der Waals surface area contributed by atoms with Crippen molar-refractivity contribution in [1.82, 2.24) is 5.32 Å². The first kappa shape index (κ1) is 15.1. The van der Waals surface area contributed by atoms with Crippen molar-refractivity contribution in [2.24, 2.45) is 0 Å². The van der Waals surface area contributed by atoms with Gasteiger partial charge in [-0.2, -0.15) is 0 Å². The van der Waals surface area contributed by atoms with Crippen LogP contribution in [0.4, 0.5) is 0 Å². The molecule has 0 saturated heterocycles. The van der Waals surface area contributed by atoms with Crippen LogP contribution < -0.4 is 5.32 Å². The van der Waals surface area contributed by atoms with Crippen molar-refractivity contribution in [1.29, 1.82) is 0 Å². The molecule has 0 aromatic heterocycles. The largest absolute Gasteiger partial charge is 0.348 e. The zero-order chi connectivity index (χ0) is 14.5. The van der Waals surface area contributed by atoms with Crippen molar-refractivity contribution in [2.75, 3.05) is 0 Å². The smallest absolute Gasteiger partial charge is 0.251 e. The van der Waals surface area contributed by atoms with E-state index in [2.05, 4.69) is 27.3 Å². The minimum atomic E-state index is -0.111. The fourth-order valence-corrected chi connectivity index (χ4v) is 2.61. The number of hydrogen-bond donors (Lipinski definition) is 1. The van der Waals surface area contributed by atoms with E-state index in [9.17, 15) is 4.79 Å². The first-order valence-electron chi connectivity index (χ1n) is 6.27. The van der Waals surface area contributed by atoms with E-state index in [4.69, 9.17) is 11.6 Å². The highest BCUT2D eigenvalue weighted by Crippen LogP contribution is 2.15. The lowest BCUT2D eigenvalue weighted by Gasteiger charge is -2.07. The maximum Gasteiger partial charge on any atom is 0.251 e. The predicted octanol–water partition coefficient (Wildman–Crippen LogP) is 4.47. The van der Waals surface area contributed by atoms with Crippen LogP contribution in [0.2, 0.25) is 5.02 Å². The van der Waals surface area contributed by atoms with Crippen LogP contribution in [-0.4, -0.2) is 5.91 Å². The Morgan fingerprint density at radius 3 is 2.65 bits per heavy atom. The van der Waals surface area contributed by atoms with E-state index in [1.165, 1.54) is 5.56 Å². The molecule has 0 bridgehead atoms. The summed E-state index contributed by atoms with van der Waals surface area (Å²) in [6.45, 7) is 2.42. The molecule has 4 heteroatoms. The molecule has 0 aliphatic rings. The number of benzene rings is 2. The van der Waals surface area contributed by atoms with Gasteiger partial charge in [0.1, 0.15) is 0 Å². The van der Waals surface area contributed by atoms with Crippen LogP contribution in [0, 0.1) is 6.92 Å². The molecule has 0 radical (unpaired) electrons. The molecule has 1 amide bonds. The SMILES string of the molecule is Cc1cc(Cl)cc(C(=O)NCc2cccc(CBr)c2)c1. The molecule has 2 nitrogen and oxygen atoms in total. The molecule has 104 valence electrons. The van der Waals surface area contributed by atoms with E-state index in [0.29, 0.717) is 17.1 Å². The third kappa shape index (κ3) is 4.09. The second-order valence-corrected chi connectivity index (χ2v) is 5.65. The van der Waals surface area contributed by atoms with Gasteiger partial charge in [-0.1, -0.05) is 51.8 Å². The molecule has 0 spiro atoms. The molecule has 2 aromatic rings. The number of nitrogens with one attached hydrogen (secondary N) is 1. The second kappa shape index (κ2) is 6.91. The number of halogens is 2. The van der Waals surface area contributed by atoms with E-state index in [0.717, 1.165) is 16.5 Å². The number of amides is 1. The molecular weight excluding hydrogens is 338 g/mol. The average molecular weight is 353 g/mol. The zero-order valence-electron chi connectivity index (χ0n) is 11.1. The lowest BCUT2D eigenvalue weighted by atomic mass is 10.1. The molecular formula is C16H15BrClNO. The number of carbonyl (C=O) groups excluding carboxylic acids is 1. The summed E-state index contributed by atoms with van der Waals surface area (Å²) in [6, 6.07) is 13.4. The van der Waals surface area contributed by atoms with Gasteiger partial charge in [0.25, 0.3) is 5.91 Å². The molecule has 1 N–H and O–H groups in total. The van der Waals surface area contributed by atoms with Gasteiger partial charge >= 0.3 is 0 Å². The van der Waals surface area contributed by atoms with Gasteiger partial charge in [0, 0.05) is 22.5 Å². The monoisotopic (exact) mass is 351 g/mol. The van der Waals surface area contributed by atoms with Crippen molar-refractivity contribution in [3.63, 3.8) is 0 Å². The molecule has 0 saturated carbocycles. The summed E-state index contributed by atoms with van der Waals surface area (Å²) in [6.07, 6.45) is 0. The van der Waals surface area contributed by atoms with Crippen LogP contribution >= 0.6 is 27.5 Å². The third-order valence-electron chi connectivity index (χ3n) is 2.90. The van der Waals surface area contributed by atoms with Gasteiger partial charge in [-0.3, -0.25) is 4.79 Å². The highest BCUT2D eigenvalue weighted by molar-refractivity contribution is 9.08. The standard InChI is InChI=1S/C16H15BrClNO/c1-11-5-14(8-15(18)6-11)16(20)19-10-13-4-2-3-12(7-13)9-17/h2-8H,9-10H2,1H3,(H,19,20). The van der Waals surface area contributed by atoms with E-state index in [1.807, 2.05) is 37.3 Å². The van der Waals surface area contributed by atoms with Gasteiger partial charge in [0.05, 0.1) is 0 Å². The summed E-state index contributed by atoms with van der Waals surface area (Å²) < 4.78 is 0. The molecule has 0 aliphatic heterocycles. The number of alkyl halides is 1. The van der Waals surface area contributed by atoms with E-state index in [-0.39, 0.29) is 5.91 Å². The first-order valence-corrected chi connectivity index (χ1v) is 7.77. The number of hydrogen-bond acceptors (Lipinski definition) is 1. The Balaban J connectivity index is 2.04. The molecule has 0 fully saturated rings. The van der Waals surface area contributed by atoms with Crippen molar-refractivity contribution in [3.8, 4) is 0 Å². The quantitative estimate of drug-likeness (QED) is 0.808. The molecule has 20 heavy (non-hydrogen) atoms. The van der Waals surface area contributed by atoms with Gasteiger partial charge < -0.3 is 5.32 Å². The Hall–Kier alpha value is -1.32. The number of carbonyl (C=O) groups is 1. The van der Waals surface area contributed by atoms with Crippen LogP contribution in [0.1, 0.15) is 27.0 Å². The van der Waals surface area contributed by atoms with Crippen molar-refractivity contribution >= 4 is 33.4 Å². The molecule has 0 atom stereocenters. The third-order valence-corrected chi connectivity index (χ3v) is 3.77. The van der Waals surface area contributed by atoms with E-state index >= 15 is 0 Å². The van der Waals surface area contributed by atoms with Gasteiger partial charge in [-0.05, 0) is 41.8 Å². The summed E-state index contributed by atoms with van der Waals surface area (Å²) in [7, 11) is 0. The van der Waals surface area contributed by atoms with Crippen LogP contribution in [-0.2, 0) is 11.9 Å². The Morgan fingerprint density at radius 1 is 1.20 bits per heavy atom. The summed E-state index contributed by atoms with van der Waals surface area (Å²) in [5, 5.41) is 4.30. The number of aryl methyl sites for hydroxylation is 1. The van der Waals surface area contributed by atoms with Crippen molar-refractivity contribution in [2.45, 2.75) is 18.8 Å². The Bertz CT molecular complexity index is 607. The minimum Gasteiger partial charge on any atom is -0.348 e. The Kier molecular flexibility index (Phi) is 5.21. The first-order chi connectivity index (χ1) is 9.58. The zero-order valence-corrected chi connectivity index (χ0v) is 13.5. The number of rotatable bonds is 4. The van der Waals surface area contributed by atoms with Gasteiger partial charge in [0.2, 0.25) is 0 Å². The summed E-state index contributed by atoms with van der Waals surface area (Å²) >= 11 is 9.39.